The molecule has 0 saturated carbocycles. The monoisotopic (exact) mass is 305 g/mol. The predicted molar refractivity (Wildman–Crippen MR) is 81.8 cm³/mol. The Kier molecular flexibility index (Phi) is 4.24. The van der Waals surface area contributed by atoms with E-state index in [4.69, 9.17) is 22.1 Å². The Morgan fingerprint density at radius 2 is 2.05 bits per heavy atom. The van der Waals surface area contributed by atoms with Crippen LogP contribution in [-0.2, 0) is 11.2 Å². The van der Waals surface area contributed by atoms with Crippen molar-refractivity contribution in [3.63, 3.8) is 0 Å². The topological polar surface area (TPSA) is 35.2 Å². The number of benzene rings is 2. The lowest BCUT2D eigenvalue weighted by Crippen LogP contribution is -2.22. The van der Waals surface area contributed by atoms with Gasteiger partial charge in [-0.05, 0) is 30.0 Å². The van der Waals surface area contributed by atoms with Crippen molar-refractivity contribution in [2.45, 2.75) is 25.0 Å². The summed E-state index contributed by atoms with van der Waals surface area (Å²) in [5, 5.41) is 0.105. The molecule has 0 bridgehead atoms. The summed E-state index contributed by atoms with van der Waals surface area (Å²) in [4.78, 5) is 0. The maximum absolute atomic E-state index is 14.0. The van der Waals surface area contributed by atoms with Crippen molar-refractivity contribution in [3.05, 3.63) is 70.0 Å². The zero-order valence-corrected chi connectivity index (χ0v) is 12.3. The molecule has 2 N–H and O–H groups in total. The van der Waals surface area contributed by atoms with Crippen LogP contribution in [0.5, 0.6) is 0 Å². The Labute approximate surface area is 128 Å². The first-order valence-corrected chi connectivity index (χ1v) is 7.43. The molecule has 4 heteroatoms. The molecular formula is C17H17ClFNO. The van der Waals surface area contributed by atoms with E-state index in [9.17, 15) is 4.39 Å². The van der Waals surface area contributed by atoms with Crippen molar-refractivity contribution < 1.29 is 9.13 Å². The summed E-state index contributed by atoms with van der Waals surface area (Å²) in [6.45, 7) is 0.673. The molecule has 0 aliphatic carbocycles. The molecule has 0 radical (unpaired) electrons. The Balaban J connectivity index is 1.83. The molecule has 2 aromatic carbocycles. The van der Waals surface area contributed by atoms with Gasteiger partial charge in [0, 0.05) is 11.6 Å². The molecular weight excluding hydrogens is 289 g/mol. The lowest BCUT2D eigenvalue weighted by Gasteiger charge is -2.28. The number of nitrogens with two attached hydrogens (primary N) is 1. The molecule has 0 amide bonds. The number of rotatable bonds is 3. The number of fused-ring (bicyclic) bond motifs is 1. The quantitative estimate of drug-likeness (QED) is 0.923. The standard InChI is InChI=1S/C17H17ClFNO/c18-14-7-3-6-13(17(14)19)15(20)10-16-12-5-2-1-4-11(12)8-9-21-16/h1-7,15-16H,8-10,20H2. The molecule has 0 spiro atoms. The van der Waals surface area contributed by atoms with Gasteiger partial charge in [0.25, 0.3) is 0 Å². The van der Waals surface area contributed by atoms with Crippen LogP contribution in [0.3, 0.4) is 0 Å². The SMILES string of the molecule is NC(CC1OCCc2ccccc21)c1cccc(Cl)c1F. The molecule has 1 aliphatic heterocycles. The highest BCUT2D eigenvalue weighted by atomic mass is 35.5. The van der Waals surface area contributed by atoms with Gasteiger partial charge in [0.05, 0.1) is 17.7 Å². The van der Waals surface area contributed by atoms with Gasteiger partial charge < -0.3 is 10.5 Å². The molecule has 1 aliphatic rings. The lowest BCUT2D eigenvalue weighted by molar-refractivity contribution is 0.0318. The fraction of sp³-hybridized carbons (Fsp3) is 0.294. The van der Waals surface area contributed by atoms with Crippen LogP contribution in [0, 0.1) is 5.82 Å². The highest BCUT2D eigenvalue weighted by Gasteiger charge is 2.24. The van der Waals surface area contributed by atoms with Crippen LogP contribution in [0.4, 0.5) is 4.39 Å². The van der Waals surface area contributed by atoms with Gasteiger partial charge in [-0.3, -0.25) is 0 Å². The Hall–Kier alpha value is -1.42. The van der Waals surface area contributed by atoms with E-state index in [1.165, 1.54) is 11.6 Å². The van der Waals surface area contributed by atoms with E-state index in [2.05, 4.69) is 12.1 Å². The minimum atomic E-state index is -0.445. The van der Waals surface area contributed by atoms with E-state index < -0.39 is 11.9 Å². The van der Waals surface area contributed by atoms with Gasteiger partial charge in [0.1, 0.15) is 5.82 Å². The molecule has 110 valence electrons. The molecule has 2 unspecified atom stereocenters. The van der Waals surface area contributed by atoms with Crippen molar-refractivity contribution in [1.82, 2.24) is 0 Å². The van der Waals surface area contributed by atoms with E-state index in [1.807, 2.05) is 12.1 Å². The van der Waals surface area contributed by atoms with Gasteiger partial charge in [-0.25, -0.2) is 4.39 Å². The molecule has 2 nitrogen and oxygen atoms in total. The van der Waals surface area contributed by atoms with Gasteiger partial charge in [-0.2, -0.15) is 0 Å². The second kappa shape index (κ2) is 6.14. The molecule has 3 rings (SSSR count). The van der Waals surface area contributed by atoms with Crippen molar-refractivity contribution in [2.75, 3.05) is 6.61 Å². The zero-order valence-electron chi connectivity index (χ0n) is 11.6. The van der Waals surface area contributed by atoms with Crippen LogP contribution in [0.1, 0.15) is 35.3 Å². The van der Waals surface area contributed by atoms with Gasteiger partial charge >= 0.3 is 0 Å². The Bertz CT molecular complexity index is 646. The third kappa shape index (κ3) is 2.95. The van der Waals surface area contributed by atoms with E-state index >= 15 is 0 Å². The molecule has 1 heterocycles. The number of halogens is 2. The van der Waals surface area contributed by atoms with Crippen molar-refractivity contribution in [2.24, 2.45) is 5.73 Å². The summed E-state index contributed by atoms with van der Waals surface area (Å²) in [5.74, 6) is -0.434. The first-order chi connectivity index (χ1) is 10.2. The van der Waals surface area contributed by atoms with Gasteiger partial charge in [-0.15, -0.1) is 0 Å². The molecule has 2 atom stereocenters. The second-order valence-corrected chi connectivity index (χ2v) is 5.70. The molecule has 2 aromatic rings. The smallest absolute Gasteiger partial charge is 0.146 e. The summed E-state index contributed by atoms with van der Waals surface area (Å²) in [5.41, 5.74) is 9.05. The largest absolute Gasteiger partial charge is 0.373 e. The maximum atomic E-state index is 14.0. The van der Waals surface area contributed by atoms with Crippen molar-refractivity contribution in [3.8, 4) is 0 Å². The average Bonchev–Trinajstić information content (AvgIpc) is 2.50. The summed E-state index contributed by atoms with van der Waals surface area (Å²) in [6.07, 6.45) is 1.35. The van der Waals surface area contributed by atoms with Crippen LogP contribution >= 0.6 is 11.6 Å². The van der Waals surface area contributed by atoms with Crippen LogP contribution in [0.25, 0.3) is 0 Å². The van der Waals surface area contributed by atoms with E-state index in [0.29, 0.717) is 18.6 Å². The molecule has 21 heavy (non-hydrogen) atoms. The summed E-state index contributed by atoms with van der Waals surface area (Å²) in [7, 11) is 0. The second-order valence-electron chi connectivity index (χ2n) is 5.29. The fourth-order valence-electron chi connectivity index (χ4n) is 2.84. The van der Waals surface area contributed by atoms with E-state index in [0.717, 1.165) is 12.0 Å². The third-order valence-electron chi connectivity index (χ3n) is 3.94. The first kappa shape index (κ1) is 14.5. The molecule has 0 fully saturated rings. The van der Waals surface area contributed by atoms with Gasteiger partial charge in [-0.1, -0.05) is 48.0 Å². The van der Waals surface area contributed by atoms with E-state index in [1.54, 1.807) is 12.1 Å². The minimum absolute atomic E-state index is 0.0941. The van der Waals surface area contributed by atoms with Crippen molar-refractivity contribution in [1.29, 1.82) is 0 Å². The normalized spacial score (nSPS) is 19.1. The summed E-state index contributed by atoms with van der Waals surface area (Å²) in [6, 6.07) is 12.7. The summed E-state index contributed by atoms with van der Waals surface area (Å²) >= 11 is 5.82. The first-order valence-electron chi connectivity index (χ1n) is 7.05. The Morgan fingerprint density at radius 3 is 2.90 bits per heavy atom. The third-order valence-corrected chi connectivity index (χ3v) is 4.23. The Morgan fingerprint density at radius 1 is 1.24 bits per heavy atom. The molecule has 0 saturated heterocycles. The average molecular weight is 306 g/mol. The zero-order chi connectivity index (χ0) is 14.8. The maximum Gasteiger partial charge on any atom is 0.146 e. The van der Waals surface area contributed by atoms with Gasteiger partial charge in [0.15, 0.2) is 0 Å². The summed E-state index contributed by atoms with van der Waals surface area (Å²) < 4.78 is 19.9. The van der Waals surface area contributed by atoms with Gasteiger partial charge in [0.2, 0.25) is 0 Å². The van der Waals surface area contributed by atoms with Crippen molar-refractivity contribution >= 4 is 11.6 Å². The van der Waals surface area contributed by atoms with E-state index in [-0.39, 0.29) is 11.1 Å². The van der Waals surface area contributed by atoms with Crippen LogP contribution in [-0.4, -0.2) is 6.61 Å². The van der Waals surface area contributed by atoms with Crippen LogP contribution in [0.2, 0.25) is 5.02 Å². The number of ether oxygens (including phenoxy) is 1. The number of hydrogen-bond acceptors (Lipinski definition) is 2. The fourth-order valence-corrected chi connectivity index (χ4v) is 3.02. The predicted octanol–water partition coefficient (Wildman–Crippen LogP) is 4.18. The highest BCUT2D eigenvalue weighted by molar-refractivity contribution is 6.30. The lowest BCUT2D eigenvalue weighted by atomic mass is 9.91. The number of hydrogen-bond donors (Lipinski definition) is 1. The van der Waals surface area contributed by atoms with Crippen LogP contribution < -0.4 is 5.73 Å². The molecule has 0 aromatic heterocycles. The van der Waals surface area contributed by atoms with Crippen LogP contribution in [0.15, 0.2) is 42.5 Å². The minimum Gasteiger partial charge on any atom is -0.373 e. The highest BCUT2D eigenvalue weighted by Crippen LogP contribution is 2.34.